The molecule has 1 amide bonds. The largest absolute Gasteiger partial charge is 0.389 e. The number of carbonyl (C=O) groups is 1. The van der Waals surface area contributed by atoms with Crippen LogP contribution < -0.4 is 16.2 Å². The molecule has 0 aliphatic heterocycles. The molecule has 0 aliphatic rings. The standard InChI is InChI=1S/C10H13N3O3S2/c1-6(9(11)14)13-18(15,16)8-4-2-7(3-5-8)10(12)17/h2-6,13H,1H3,(H2,11,14)(H2,12,17). The van der Waals surface area contributed by atoms with Gasteiger partial charge in [-0.05, 0) is 19.1 Å². The summed E-state index contributed by atoms with van der Waals surface area (Å²) in [5.41, 5.74) is 10.9. The summed E-state index contributed by atoms with van der Waals surface area (Å²) in [5, 5.41) is 0. The van der Waals surface area contributed by atoms with Crippen molar-refractivity contribution in [1.82, 2.24) is 4.72 Å². The molecule has 0 saturated carbocycles. The summed E-state index contributed by atoms with van der Waals surface area (Å²) < 4.78 is 25.8. The molecule has 0 aliphatic carbocycles. The number of benzene rings is 1. The third-order valence-corrected chi connectivity index (χ3v) is 4.00. The highest BCUT2D eigenvalue weighted by molar-refractivity contribution is 7.89. The van der Waals surface area contributed by atoms with Gasteiger partial charge in [-0.1, -0.05) is 24.4 Å². The van der Waals surface area contributed by atoms with Gasteiger partial charge in [0, 0.05) is 5.56 Å². The summed E-state index contributed by atoms with van der Waals surface area (Å²) in [7, 11) is -3.78. The predicted molar refractivity (Wildman–Crippen MR) is 71.3 cm³/mol. The number of carbonyl (C=O) groups excluding carboxylic acids is 1. The fourth-order valence-corrected chi connectivity index (χ4v) is 2.51. The van der Waals surface area contributed by atoms with Crippen LogP contribution in [-0.4, -0.2) is 25.4 Å². The van der Waals surface area contributed by atoms with Gasteiger partial charge in [0.1, 0.15) is 4.99 Å². The van der Waals surface area contributed by atoms with E-state index in [-0.39, 0.29) is 9.88 Å². The average Bonchev–Trinajstić information content (AvgIpc) is 2.28. The van der Waals surface area contributed by atoms with Gasteiger partial charge in [-0.3, -0.25) is 4.79 Å². The third-order valence-electron chi connectivity index (χ3n) is 2.21. The van der Waals surface area contributed by atoms with Gasteiger partial charge in [-0.15, -0.1) is 0 Å². The quantitative estimate of drug-likeness (QED) is 0.630. The highest BCUT2D eigenvalue weighted by Gasteiger charge is 2.20. The van der Waals surface area contributed by atoms with Crippen LogP contribution >= 0.6 is 12.2 Å². The molecule has 8 heteroatoms. The van der Waals surface area contributed by atoms with Crippen LogP contribution in [0.3, 0.4) is 0 Å². The Bertz CT molecular complexity index is 567. The first-order valence-electron chi connectivity index (χ1n) is 4.95. The molecule has 18 heavy (non-hydrogen) atoms. The van der Waals surface area contributed by atoms with Gasteiger partial charge in [0.05, 0.1) is 10.9 Å². The molecule has 0 spiro atoms. The number of hydrogen-bond acceptors (Lipinski definition) is 4. The van der Waals surface area contributed by atoms with Crippen LogP contribution in [-0.2, 0) is 14.8 Å². The lowest BCUT2D eigenvalue weighted by Crippen LogP contribution is -2.42. The molecule has 0 radical (unpaired) electrons. The minimum Gasteiger partial charge on any atom is -0.389 e. The number of hydrogen-bond donors (Lipinski definition) is 3. The molecule has 0 fully saturated rings. The Balaban J connectivity index is 2.99. The molecule has 1 aromatic rings. The fourth-order valence-electron chi connectivity index (χ4n) is 1.16. The minimum absolute atomic E-state index is 0.00981. The van der Waals surface area contributed by atoms with E-state index < -0.39 is 22.0 Å². The van der Waals surface area contributed by atoms with E-state index in [4.69, 9.17) is 23.7 Å². The van der Waals surface area contributed by atoms with Crippen molar-refractivity contribution in [2.75, 3.05) is 0 Å². The molecule has 5 N–H and O–H groups in total. The molecule has 0 heterocycles. The lowest BCUT2D eigenvalue weighted by Gasteiger charge is -2.11. The van der Waals surface area contributed by atoms with Crippen molar-refractivity contribution in [3.8, 4) is 0 Å². The topological polar surface area (TPSA) is 115 Å². The van der Waals surface area contributed by atoms with E-state index in [1.807, 2.05) is 0 Å². The zero-order chi connectivity index (χ0) is 13.9. The molecule has 1 aromatic carbocycles. The maximum Gasteiger partial charge on any atom is 0.241 e. The first-order valence-corrected chi connectivity index (χ1v) is 6.84. The number of nitrogens with one attached hydrogen (secondary N) is 1. The van der Waals surface area contributed by atoms with Crippen molar-refractivity contribution in [2.24, 2.45) is 11.5 Å². The van der Waals surface area contributed by atoms with Crippen molar-refractivity contribution in [1.29, 1.82) is 0 Å². The van der Waals surface area contributed by atoms with E-state index in [2.05, 4.69) is 4.72 Å². The predicted octanol–water partition coefficient (Wildman–Crippen LogP) is -0.527. The van der Waals surface area contributed by atoms with Crippen LogP contribution in [0.5, 0.6) is 0 Å². The maximum absolute atomic E-state index is 11.8. The number of rotatable bonds is 5. The monoisotopic (exact) mass is 287 g/mol. The Kier molecular flexibility index (Phi) is 4.38. The van der Waals surface area contributed by atoms with Crippen LogP contribution in [0.15, 0.2) is 29.2 Å². The third kappa shape index (κ3) is 3.49. The lowest BCUT2D eigenvalue weighted by molar-refractivity contribution is -0.119. The van der Waals surface area contributed by atoms with Gasteiger partial charge < -0.3 is 11.5 Å². The Morgan fingerprint density at radius 2 is 1.78 bits per heavy atom. The smallest absolute Gasteiger partial charge is 0.241 e. The molecule has 0 saturated heterocycles. The summed E-state index contributed by atoms with van der Waals surface area (Å²) in [6, 6.07) is 4.71. The van der Waals surface area contributed by atoms with E-state index in [1.165, 1.54) is 31.2 Å². The van der Waals surface area contributed by atoms with Crippen molar-refractivity contribution >= 4 is 33.1 Å². The van der Waals surface area contributed by atoms with Gasteiger partial charge in [0.25, 0.3) is 0 Å². The normalized spacial score (nSPS) is 12.9. The Morgan fingerprint density at radius 3 is 2.17 bits per heavy atom. The lowest BCUT2D eigenvalue weighted by atomic mass is 10.2. The van der Waals surface area contributed by atoms with E-state index in [0.717, 1.165) is 0 Å². The van der Waals surface area contributed by atoms with E-state index >= 15 is 0 Å². The molecular weight excluding hydrogens is 274 g/mol. The number of nitrogens with two attached hydrogens (primary N) is 2. The number of sulfonamides is 1. The molecule has 0 aromatic heterocycles. The van der Waals surface area contributed by atoms with Gasteiger partial charge in [0.2, 0.25) is 15.9 Å². The van der Waals surface area contributed by atoms with Crippen LogP contribution in [0, 0.1) is 0 Å². The Labute approximate surface area is 110 Å². The zero-order valence-corrected chi connectivity index (χ0v) is 11.2. The number of amides is 1. The second-order valence-corrected chi connectivity index (χ2v) is 5.79. The highest BCUT2D eigenvalue weighted by Crippen LogP contribution is 2.11. The molecule has 1 unspecified atom stereocenters. The summed E-state index contributed by atoms with van der Waals surface area (Å²) in [5.74, 6) is -0.752. The molecule has 0 bridgehead atoms. The van der Waals surface area contributed by atoms with Crippen molar-refractivity contribution in [3.05, 3.63) is 29.8 Å². The van der Waals surface area contributed by atoms with Crippen molar-refractivity contribution in [2.45, 2.75) is 17.9 Å². The van der Waals surface area contributed by atoms with Crippen LogP contribution in [0.1, 0.15) is 12.5 Å². The van der Waals surface area contributed by atoms with Gasteiger partial charge in [-0.25, -0.2) is 8.42 Å². The van der Waals surface area contributed by atoms with E-state index in [1.54, 1.807) is 0 Å². The molecule has 98 valence electrons. The minimum atomic E-state index is -3.78. The highest BCUT2D eigenvalue weighted by atomic mass is 32.2. The van der Waals surface area contributed by atoms with Gasteiger partial charge in [-0.2, -0.15) is 4.72 Å². The summed E-state index contributed by atoms with van der Waals surface area (Å²) in [6.07, 6.45) is 0. The summed E-state index contributed by atoms with van der Waals surface area (Å²) in [6.45, 7) is 1.36. The van der Waals surface area contributed by atoms with E-state index in [0.29, 0.717) is 5.56 Å². The van der Waals surface area contributed by atoms with Crippen LogP contribution in [0.2, 0.25) is 0 Å². The second-order valence-electron chi connectivity index (χ2n) is 3.63. The van der Waals surface area contributed by atoms with Crippen molar-refractivity contribution in [3.63, 3.8) is 0 Å². The second kappa shape index (κ2) is 5.42. The SMILES string of the molecule is CC(NS(=O)(=O)c1ccc(C(N)=S)cc1)C(N)=O. The number of thiocarbonyl (C=S) groups is 1. The van der Waals surface area contributed by atoms with Crippen LogP contribution in [0.25, 0.3) is 0 Å². The first kappa shape index (κ1) is 14.6. The first-order chi connectivity index (χ1) is 8.24. The van der Waals surface area contributed by atoms with E-state index in [9.17, 15) is 13.2 Å². The zero-order valence-electron chi connectivity index (χ0n) is 9.58. The van der Waals surface area contributed by atoms with Crippen LogP contribution in [0.4, 0.5) is 0 Å². The number of primary amides is 1. The Morgan fingerprint density at radius 1 is 1.28 bits per heavy atom. The fraction of sp³-hybridized carbons (Fsp3) is 0.200. The average molecular weight is 287 g/mol. The van der Waals surface area contributed by atoms with Crippen molar-refractivity contribution < 1.29 is 13.2 Å². The molecule has 1 atom stereocenters. The van der Waals surface area contributed by atoms with Gasteiger partial charge in [0.15, 0.2) is 0 Å². The molecule has 1 rings (SSSR count). The Hall–Kier alpha value is -1.51. The molecule has 6 nitrogen and oxygen atoms in total. The van der Waals surface area contributed by atoms with Gasteiger partial charge >= 0.3 is 0 Å². The summed E-state index contributed by atoms with van der Waals surface area (Å²) >= 11 is 4.75. The summed E-state index contributed by atoms with van der Waals surface area (Å²) in [4.78, 5) is 11.0. The molecular formula is C10H13N3O3S2. The maximum atomic E-state index is 11.8.